The van der Waals surface area contributed by atoms with Crippen LogP contribution in [0.1, 0.15) is 26.5 Å². The number of aryl methyl sites for hydroxylation is 1. The Bertz CT molecular complexity index is 826. The topological polar surface area (TPSA) is 120 Å². The van der Waals surface area contributed by atoms with E-state index in [0.29, 0.717) is 10.7 Å². The van der Waals surface area contributed by atoms with Crippen LogP contribution in [0.4, 0.5) is 0 Å². The highest BCUT2D eigenvalue weighted by Crippen LogP contribution is 2.22. The van der Waals surface area contributed by atoms with Crippen LogP contribution in [0, 0.1) is 6.92 Å². The minimum atomic E-state index is -0.810. The lowest BCUT2D eigenvalue weighted by Crippen LogP contribution is -2.43. The van der Waals surface area contributed by atoms with Crippen LogP contribution in [-0.2, 0) is 9.53 Å². The van der Waals surface area contributed by atoms with Crippen LogP contribution in [0.25, 0.3) is 0 Å². The minimum absolute atomic E-state index is 0.0314. The van der Waals surface area contributed by atoms with E-state index in [1.54, 1.807) is 13.0 Å². The number of hydrogen-bond acceptors (Lipinski definition) is 7. The Labute approximate surface area is 153 Å². The summed E-state index contributed by atoms with van der Waals surface area (Å²) in [6.45, 7) is 1.11. The van der Waals surface area contributed by atoms with E-state index in [4.69, 9.17) is 21.1 Å². The number of ether oxygens (including phenoxy) is 2. The normalized spacial score (nSPS) is 9.96. The molecule has 0 atom stereocenters. The number of hydrogen-bond donors (Lipinski definition) is 2. The van der Waals surface area contributed by atoms with Crippen molar-refractivity contribution >= 4 is 29.4 Å². The molecule has 0 aliphatic carbocycles. The van der Waals surface area contributed by atoms with E-state index in [2.05, 4.69) is 20.8 Å². The van der Waals surface area contributed by atoms with Crippen LogP contribution < -0.4 is 15.6 Å². The van der Waals surface area contributed by atoms with Crippen LogP contribution in [-0.4, -0.2) is 41.5 Å². The molecule has 2 N–H and O–H groups in total. The number of benzene rings is 1. The van der Waals surface area contributed by atoms with Crippen molar-refractivity contribution in [1.29, 1.82) is 0 Å². The number of esters is 1. The van der Waals surface area contributed by atoms with Crippen LogP contribution >= 0.6 is 11.6 Å². The Balaban J connectivity index is 1.85. The highest BCUT2D eigenvalue weighted by atomic mass is 35.5. The second-order valence-corrected chi connectivity index (χ2v) is 5.40. The zero-order valence-electron chi connectivity index (χ0n) is 13.9. The monoisotopic (exact) mass is 378 g/mol. The summed E-state index contributed by atoms with van der Waals surface area (Å²) in [5.74, 6) is -1.91. The standard InChI is InChI=1S/C16H15ClN4O5/c1-9-6-19-12(7-18-9)16(24)26-8-14(22)20-21-15(23)11-5-10(17)3-4-13(11)25-2/h3-7H,8H2,1-2H3,(H,20,22)(H,21,23). The van der Waals surface area contributed by atoms with Gasteiger partial charge in [0.05, 0.1) is 24.6 Å². The van der Waals surface area contributed by atoms with Crippen molar-refractivity contribution in [3.05, 3.63) is 52.6 Å². The third kappa shape index (κ3) is 5.15. The molecule has 9 nitrogen and oxygen atoms in total. The lowest BCUT2D eigenvalue weighted by molar-refractivity contribution is -0.125. The number of amides is 2. The van der Waals surface area contributed by atoms with E-state index in [-0.39, 0.29) is 17.0 Å². The van der Waals surface area contributed by atoms with Gasteiger partial charge in [0.1, 0.15) is 5.75 Å². The van der Waals surface area contributed by atoms with Crippen molar-refractivity contribution in [2.45, 2.75) is 6.92 Å². The first kappa shape index (κ1) is 19.1. The number of nitrogens with zero attached hydrogens (tertiary/aromatic N) is 2. The molecule has 136 valence electrons. The molecule has 2 amide bonds. The lowest BCUT2D eigenvalue weighted by atomic mass is 10.2. The summed E-state index contributed by atoms with van der Waals surface area (Å²) in [6.07, 6.45) is 2.64. The number of carbonyl (C=O) groups is 3. The first-order valence-corrected chi connectivity index (χ1v) is 7.67. The number of halogens is 1. The highest BCUT2D eigenvalue weighted by molar-refractivity contribution is 6.31. The molecule has 0 radical (unpaired) electrons. The van der Waals surface area contributed by atoms with Gasteiger partial charge in [0.15, 0.2) is 12.3 Å². The van der Waals surface area contributed by atoms with Crippen molar-refractivity contribution in [2.75, 3.05) is 13.7 Å². The summed E-state index contributed by atoms with van der Waals surface area (Å²) in [6, 6.07) is 4.46. The number of nitrogens with one attached hydrogen (secondary N) is 2. The molecule has 0 saturated carbocycles. The molecule has 0 fully saturated rings. The highest BCUT2D eigenvalue weighted by Gasteiger charge is 2.15. The molecule has 0 saturated heterocycles. The summed E-state index contributed by atoms with van der Waals surface area (Å²) in [5, 5.41) is 0.329. The Kier molecular flexibility index (Phi) is 6.45. The maximum atomic E-state index is 12.1. The smallest absolute Gasteiger partial charge is 0.359 e. The van der Waals surface area contributed by atoms with Gasteiger partial charge in [-0.15, -0.1) is 0 Å². The molecular formula is C16H15ClN4O5. The Morgan fingerprint density at radius 1 is 1.15 bits per heavy atom. The van der Waals surface area contributed by atoms with Crippen LogP contribution in [0.5, 0.6) is 5.75 Å². The summed E-state index contributed by atoms with van der Waals surface area (Å²) in [5.41, 5.74) is 5.03. The molecule has 1 aromatic heterocycles. The van der Waals surface area contributed by atoms with E-state index >= 15 is 0 Å². The predicted octanol–water partition coefficient (Wildman–Crippen LogP) is 1.07. The zero-order chi connectivity index (χ0) is 19.1. The maximum Gasteiger partial charge on any atom is 0.359 e. The average Bonchev–Trinajstić information content (AvgIpc) is 2.64. The van der Waals surface area contributed by atoms with Gasteiger partial charge in [-0.05, 0) is 25.1 Å². The number of rotatable bonds is 5. The molecule has 2 rings (SSSR count). The Hall–Kier alpha value is -3.20. The molecule has 0 bridgehead atoms. The lowest BCUT2D eigenvalue weighted by Gasteiger charge is -2.10. The number of carbonyl (C=O) groups excluding carboxylic acids is 3. The van der Waals surface area contributed by atoms with Crippen molar-refractivity contribution in [1.82, 2.24) is 20.8 Å². The van der Waals surface area contributed by atoms with Gasteiger partial charge >= 0.3 is 5.97 Å². The summed E-state index contributed by atoms with van der Waals surface area (Å²) in [4.78, 5) is 43.2. The summed E-state index contributed by atoms with van der Waals surface area (Å²) in [7, 11) is 1.39. The number of methoxy groups -OCH3 is 1. The van der Waals surface area contributed by atoms with Gasteiger partial charge in [-0.1, -0.05) is 11.6 Å². The average molecular weight is 379 g/mol. The largest absolute Gasteiger partial charge is 0.496 e. The van der Waals surface area contributed by atoms with Gasteiger partial charge in [-0.2, -0.15) is 0 Å². The fraction of sp³-hybridized carbons (Fsp3) is 0.188. The predicted molar refractivity (Wildman–Crippen MR) is 90.7 cm³/mol. The SMILES string of the molecule is COc1ccc(Cl)cc1C(=O)NNC(=O)COC(=O)c1cnc(C)cn1. The van der Waals surface area contributed by atoms with Crippen molar-refractivity contribution in [2.24, 2.45) is 0 Å². The Morgan fingerprint density at radius 2 is 1.92 bits per heavy atom. The third-order valence-corrected chi connectivity index (χ3v) is 3.28. The van der Waals surface area contributed by atoms with Crippen molar-refractivity contribution in [3.63, 3.8) is 0 Å². The van der Waals surface area contributed by atoms with E-state index in [1.165, 1.54) is 31.6 Å². The van der Waals surface area contributed by atoms with Gasteiger partial charge in [0.2, 0.25) is 0 Å². The van der Waals surface area contributed by atoms with Gasteiger partial charge in [-0.25, -0.2) is 9.78 Å². The first-order chi connectivity index (χ1) is 12.4. The quantitative estimate of drug-likeness (QED) is 0.589. The zero-order valence-corrected chi connectivity index (χ0v) is 14.7. The van der Waals surface area contributed by atoms with Crippen LogP contribution in [0.3, 0.4) is 0 Å². The molecule has 0 spiro atoms. The summed E-state index contributed by atoms with van der Waals surface area (Å²) >= 11 is 5.84. The molecule has 2 aromatic rings. The molecular weight excluding hydrogens is 364 g/mol. The van der Waals surface area contributed by atoms with E-state index in [9.17, 15) is 14.4 Å². The van der Waals surface area contributed by atoms with Crippen LogP contribution in [0.15, 0.2) is 30.6 Å². The third-order valence-electron chi connectivity index (χ3n) is 3.05. The second-order valence-electron chi connectivity index (χ2n) is 4.97. The Morgan fingerprint density at radius 3 is 2.58 bits per heavy atom. The molecule has 0 aliphatic rings. The van der Waals surface area contributed by atoms with Crippen LogP contribution in [0.2, 0.25) is 5.02 Å². The van der Waals surface area contributed by atoms with Gasteiger partial charge in [0, 0.05) is 11.2 Å². The van der Waals surface area contributed by atoms with Gasteiger partial charge < -0.3 is 9.47 Å². The van der Waals surface area contributed by atoms with Gasteiger partial charge in [-0.3, -0.25) is 25.4 Å². The van der Waals surface area contributed by atoms with Gasteiger partial charge in [0.25, 0.3) is 11.8 Å². The van der Waals surface area contributed by atoms with E-state index in [1.807, 2.05) is 0 Å². The fourth-order valence-corrected chi connectivity index (χ4v) is 1.96. The maximum absolute atomic E-state index is 12.1. The van der Waals surface area contributed by atoms with E-state index in [0.717, 1.165) is 0 Å². The molecule has 0 aliphatic heterocycles. The molecule has 1 aromatic carbocycles. The fourth-order valence-electron chi connectivity index (χ4n) is 1.79. The minimum Gasteiger partial charge on any atom is -0.496 e. The van der Waals surface area contributed by atoms with Crippen molar-refractivity contribution < 1.29 is 23.9 Å². The molecule has 26 heavy (non-hydrogen) atoms. The van der Waals surface area contributed by atoms with E-state index < -0.39 is 24.4 Å². The molecule has 10 heteroatoms. The second kappa shape index (κ2) is 8.77. The first-order valence-electron chi connectivity index (χ1n) is 7.29. The summed E-state index contributed by atoms with van der Waals surface area (Å²) < 4.78 is 9.83. The number of hydrazine groups is 1. The molecule has 1 heterocycles. The number of aromatic nitrogens is 2. The van der Waals surface area contributed by atoms with Crippen molar-refractivity contribution in [3.8, 4) is 5.75 Å². The molecule has 0 unspecified atom stereocenters.